The maximum Gasteiger partial charge on any atom is 0.101 e. The zero-order valence-corrected chi connectivity index (χ0v) is 15.8. The van der Waals surface area contributed by atoms with Crippen molar-refractivity contribution >= 4 is 0 Å². The lowest BCUT2D eigenvalue weighted by Crippen LogP contribution is -2.44. The van der Waals surface area contributed by atoms with Crippen LogP contribution in [0.25, 0.3) is 0 Å². The Morgan fingerprint density at radius 1 is 0.640 bits per heavy atom. The standard InChI is InChI=1S/C21H30N2O2/c1-18(2)22(24-15-20-11-7-5-8-12-20)17-23(19(3)4)25-16-21-13-9-6-10-14-21/h5-14,18-19H,15-17H2,1-4H3. The first-order valence-corrected chi connectivity index (χ1v) is 8.93. The van der Waals surface area contributed by atoms with Crippen LogP contribution in [0, 0.1) is 0 Å². The normalized spacial score (nSPS) is 11.8. The van der Waals surface area contributed by atoms with Crippen molar-refractivity contribution in [2.24, 2.45) is 0 Å². The van der Waals surface area contributed by atoms with Crippen molar-refractivity contribution in [1.82, 2.24) is 10.1 Å². The van der Waals surface area contributed by atoms with Crippen LogP contribution in [0.15, 0.2) is 60.7 Å². The van der Waals surface area contributed by atoms with Gasteiger partial charge in [-0.2, -0.15) is 10.1 Å². The van der Waals surface area contributed by atoms with Gasteiger partial charge in [0.05, 0.1) is 13.2 Å². The Kier molecular flexibility index (Phi) is 8.09. The van der Waals surface area contributed by atoms with Gasteiger partial charge < -0.3 is 0 Å². The Morgan fingerprint density at radius 3 is 1.32 bits per heavy atom. The number of benzene rings is 2. The summed E-state index contributed by atoms with van der Waals surface area (Å²) in [4.78, 5) is 12.1. The van der Waals surface area contributed by atoms with Gasteiger partial charge in [0.1, 0.15) is 6.67 Å². The van der Waals surface area contributed by atoms with Crippen molar-refractivity contribution in [2.45, 2.75) is 53.0 Å². The van der Waals surface area contributed by atoms with Gasteiger partial charge in [0.25, 0.3) is 0 Å². The minimum atomic E-state index is 0.255. The Hall–Kier alpha value is -1.72. The number of hydrogen-bond acceptors (Lipinski definition) is 4. The highest BCUT2D eigenvalue weighted by Gasteiger charge is 2.18. The molecular formula is C21H30N2O2. The molecule has 2 aromatic rings. The van der Waals surface area contributed by atoms with Crippen LogP contribution in [-0.4, -0.2) is 28.9 Å². The van der Waals surface area contributed by atoms with Gasteiger partial charge in [0, 0.05) is 12.1 Å². The van der Waals surface area contributed by atoms with E-state index in [0.29, 0.717) is 19.9 Å². The smallest absolute Gasteiger partial charge is 0.101 e. The highest BCUT2D eigenvalue weighted by Crippen LogP contribution is 2.12. The molecule has 0 aliphatic rings. The molecular weight excluding hydrogens is 312 g/mol. The summed E-state index contributed by atoms with van der Waals surface area (Å²) in [7, 11) is 0. The molecule has 0 amide bonds. The molecule has 0 radical (unpaired) electrons. The van der Waals surface area contributed by atoms with Crippen LogP contribution in [-0.2, 0) is 22.9 Å². The van der Waals surface area contributed by atoms with Crippen molar-refractivity contribution in [2.75, 3.05) is 6.67 Å². The zero-order valence-electron chi connectivity index (χ0n) is 15.8. The molecule has 0 fully saturated rings. The van der Waals surface area contributed by atoms with Gasteiger partial charge in [-0.1, -0.05) is 60.7 Å². The number of rotatable bonds is 10. The average Bonchev–Trinajstić information content (AvgIpc) is 2.62. The van der Waals surface area contributed by atoms with E-state index in [-0.39, 0.29) is 12.1 Å². The molecule has 2 aromatic carbocycles. The van der Waals surface area contributed by atoms with E-state index in [1.165, 1.54) is 0 Å². The molecule has 0 unspecified atom stereocenters. The lowest BCUT2D eigenvalue weighted by molar-refractivity contribution is -0.285. The highest BCUT2D eigenvalue weighted by molar-refractivity contribution is 5.14. The van der Waals surface area contributed by atoms with Crippen molar-refractivity contribution in [3.63, 3.8) is 0 Å². The maximum absolute atomic E-state index is 6.03. The fourth-order valence-electron chi connectivity index (χ4n) is 2.31. The fraction of sp³-hybridized carbons (Fsp3) is 0.429. The Balaban J connectivity index is 1.91. The van der Waals surface area contributed by atoms with E-state index in [0.717, 1.165) is 11.1 Å². The molecule has 4 heteroatoms. The second-order valence-corrected chi connectivity index (χ2v) is 6.68. The van der Waals surface area contributed by atoms with E-state index in [9.17, 15) is 0 Å². The molecule has 0 saturated heterocycles. The minimum absolute atomic E-state index is 0.255. The molecule has 0 heterocycles. The van der Waals surface area contributed by atoms with Crippen LogP contribution in [0.5, 0.6) is 0 Å². The van der Waals surface area contributed by atoms with Gasteiger partial charge in [-0.15, -0.1) is 0 Å². The topological polar surface area (TPSA) is 24.9 Å². The molecule has 25 heavy (non-hydrogen) atoms. The quantitative estimate of drug-likeness (QED) is 0.464. The van der Waals surface area contributed by atoms with Gasteiger partial charge in [0.15, 0.2) is 0 Å². The molecule has 0 aliphatic carbocycles. The number of nitrogens with zero attached hydrogens (tertiary/aromatic N) is 2. The Labute approximate surface area is 151 Å². The number of hydroxylamine groups is 4. The van der Waals surface area contributed by atoms with E-state index in [1.54, 1.807) is 0 Å². The van der Waals surface area contributed by atoms with Crippen LogP contribution in [0.2, 0.25) is 0 Å². The maximum atomic E-state index is 6.03. The highest BCUT2D eigenvalue weighted by atomic mass is 16.7. The number of hydrogen-bond donors (Lipinski definition) is 0. The summed E-state index contributed by atoms with van der Waals surface area (Å²) in [5.41, 5.74) is 2.32. The van der Waals surface area contributed by atoms with Crippen molar-refractivity contribution in [1.29, 1.82) is 0 Å². The van der Waals surface area contributed by atoms with Crippen molar-refractivity contribution in [3.8, 4) is 0 Å². The second kappa shape index (κ2) is 10.3. The first-order chi connectivity index (χ1) is 12.1. The summed E-state index contributed by atoms with van der Waals surface area (Å²) in [6.07, 6.45) is 0. The van der Waals surface area contributed by atoms with Crippen LogP contribution < -0.4 is 0 Å². The summed E-state index contributed by atoms with van der Waals surface area (Å²) in [6.45, 7) is 10.2. The van der Waals surface area contributed by atoms with E-state index in [4.69, 9.17) is 9.68 Å². The lowest BCUT2D eigenvalue weighted by atomic mass is 10.2. The molecule has 0 spiro atoms. The first kappa shape index (κ1) is 19.6. The van der Waals surface area contributed by atoms with Gasteiger partial charge in [-0.3, -0.25) is 9.68 Å². The molecule has 0 aromatic heterocycles. The molecule has 2 rings (SSSR count). The third-order valence-electron chi connectivity index (χ3n) is 3.91. The molecule has 0 N–H and O–H groups in total. The van der Waals surface area contributed by atoms with E-state index >= 15 is 0 Å². The van der Waals surface area contributed by atoms with Crippen LogP contribution in [0.4, 0.5) is 0 Å². The van der Waals surface area contributed by atoms with Gasteiger partial charge in [0.2, 0.25) is 0 Å². The predicted octanol–water partition coefficient (Wildman–Crippen LogP) is 4.63. The molecule has 4 nitrogen and oxygen atoms in total. The SMILES string of the molecule is CC(C)N(CN(OCc1ccccc1)C(C)C)OCc1ccccc1. The summed E-state index contributed by atoms with van der Waals surface area (Å²) in [5, 5.41) is 3.94. The second-order valence-electron chi connectivity index (χ2n) is 6.68. The lowest BCUT2D eigenvalue weighted by Gasteiger charge is -2.33. The Morgan fingerprint density at radius 2 is 1.00 bits per heavy atom. The van der Waals surface area contributed by atoms with Gasteiger partial charge >= 0.3 is 0 Å². The zero-order chi connectivity index (χ0) is 18.1. The minimum Gasteiger partial charge on any atom is -0.293 e. The monoisotopic (exact) mass is 342 g/mol. The predicted molar refractivity (Wildman–Crippen MR) is 101 cm³/mol. The van der Waals surface area contributed by atoms with E-state index < -0.39 is 0 Å². The third-order valence-corrected chi connectivity index (χ3v) is 3.91. The van der Waals surface area contributed by atoms with E-state index in [2.05, 4.69) is 52.0 Å². The van der Waals surface area contributed by atoms with Crippen LogP contribution >= 0.6 is 0 Å². The summed E-state index contributed by atoms with van der Waals surface area (Å²) < 4.78 is 0. The molecule has 0 aliphatic heterocycles. The van der Waals surface area contributed by atoms with Crippen molar-refractivity contribution in [3.05, 3.63) is 71.8 Å². The Bertz CT molecular complexity index is 534. The molecule has 0 bridgehead atoms. The molecule has 0 saturated carbocycles. The van der Waals surface area contributed by atoms with Gasteiger partial charge in [-0.25, -0.2) is 0 Å². The summed E-state index contributed by atoms with van der Waals surface area (Å²) >= 11 is 0. The molecule has 0 atom stereocenters. The largest absolute Gasteiger partial charge is 0.293 e. The summed E-state index contributed by atoms with van der Waals surface area (Å²) in [6, 6.07) is 21.0. The van der Waals surface area contributed by atoms with Crippen LogP contribution in [0.1, 0.15) is 38.8 Å². The average molecular weight is 342 g/mol. The van der Waals surface area contributed by atoms with Crippen LogP contribution in [0.3, 0.4) is 0 Å². The summed E-state index contributed by atoms with van der Waals surface area (Å²) in [5.74, 6) is 0. The van der Waals surface area contributed by atoms with Crippen molar-refractivity contribution < 1.29 is 9.68 Å². The van der Waals surface area contributed by atoms with Gasteiger partial charge in [-0.05, 0) is 38.8 Å². The fourth-order valence-corrected chi connectivity index (χ4v) is 2.31. The van der Waals surface area contributed by atoms with E-state index in [1.807, 2.05) is 46.5 Å². The molecule has 136 valence electrons. The third kappa shape index (κ3) is 6.96. The first-order valence-electron chi connectivity index (χ1n) is 8.93.